The molecule has 0 atom stereocenters. The third-order valence-corrected chi connectivity index (χ3v) is 7.69. The summed E-state index contributed by atoms with van der Waals surface area (Å²) in [6.07, 6.45) is 0.592. The van der Waals surface area contributed by atoms with E-state index in [1.807, 2.05) is 32.0 Å². The Labute approximate surface area is 205 Å². The van der Waals surface area contributed by atoms with Gasteiger partial charge in [0.15, 0.2) is 0 Å². The molecule has 32 heavy (non-hydrogen) atoms. The van der Waals surface area contributed by atoms with E-state index in [2.05, 4.69) is 32.3 Å². The molecule has 0 spiro atoms. The maximum Gasteiger partial charge on any atom is 0.265 e. The molecule has 8 heteroatoms. The van der Waals surface area contributed by atoms with Gasteiger partial charge in [0.05, 0.1) is 4.90 Å². The van der Waals surface area contributed by atoms with E-state index in [-0.39, 0.29) is 10.5 Å². The third kappa shape index (κ3) is 4.69. The van der Waals surface area contributed by atoms with Crippen LogP contribution in [0.25, 0.3) is 10.9 Å². The maximum absolute atomic E-state index is 12.8. The Morgan fingerprint density at radius 1 is 1.03 bits per heavy atom. The number of fused-ring (bicyclic) bond motifs is 1. The molecule has 4 aromatic rings. The standard InChI is InChI=1S/C24H20ClIN2O3S/c1-14-3-8-19(9-4-14)32(30,31)28-24(29)17-6-10-23-21(12-17)20(15(2)27-23)11-16-5-7-18(26)13-22(16)25/h3-10,12-13,27H,11H2,1-2H3,(H,28,29). The second-order valence-electron chi connectivity index (χ2n) is 7.65. The summed E-state index contributed by atoms with van der Waals surface area (Å²) in [6, 6.07) is 17.4. The van der Waals surface area contributed by atoms with E-state index >= 15 is 0 Å². The summed E-state index contributed by atoms with van der Waals surface area (Å²) in [5.74, 6) is -0.676. The van der Waals surface area contributed by atoms with Gasteiger partial charge in [-0.05, 0) is 90.0 Å². The Morgan fingerprint density at radius 2 is 1.75 bits per heavy atom. The van der Waals surface area contributed by atoms with Crippen LogP contribution in [0.2, 0.25) is 5.02 Å². The van der Waals surface area contributed by atoms with Gasteiger partial charge in [-0.3, -0.25) is 4.79 Å². The first-order chi connectivity index (χ1) is 15.1. The van der Waals surface area contributed by atoms with Crippen molar-refractivity contribution in [2.75, 3.05) is 0 Å². The molecular weight excluding hydrogens is 559 g/mol. The van der Waals surface area contributed by atoms with Gasteiger partial charge in [0, 0.05) is 37.2 Å². The molecule has 0 saturated heterocycles. The van der Waals surface area contributed by atoms with Crippen LogP contribution in [-0.2, 0) is 16.4 Å². The van der Waals surface area contributed by atoms with Crippen LogP contribution < -0.4 is 4.72 Å². The number of aryl methyl sites for hydroxylation is 2. The van der Waals surface area contributed by atoms with Crippen LogP contribution in [0.15, 0.2) is 65.6 Å². The lowest BCUT2D eigenvalue weighted by Crippen LogP contribution is -2.30. The minimum atomic E-state index is -3.97. The van der Waals surface area contributed by atoms with Crippen molar-refractivity contribution in [1.82, 2.24) is 9.71 Å². The average molecular weight is 579 g/mol. The van der Waals surface area contributed by atoms with Crippen LogP contribution in [0.4, 0.5) is 0 Å². The molecule has 1 amide bonds. The number of aromatic nitrogens is 1. The van der Waals surface area contributed by atoms with Gasteiger partial charge in [0.25, 0.3) is 15.9 Å². The van der Waals surface area contributed by atoms with E-state index in [0.717, 1.165) is 36.9 Å². The van der Waals surface area contributed by atoms with Gasteiger partial charge < -0.3 is 4.98 Å². The highest BCUT2D eigenvalue weighted by molar-refractivity contribution is 14.1. The van der Waals surface area contributed by atoms with E-state index < -0.39 is 15.9 Å². The molecule has 3 aromatic carbocycles. The zero-order valence-electron chi connectivity index (χ0n) is 17.4. The fourth-order valence-corrected chi connectivity index (χ4v) is 5.46. The number of carbonyl (C=O) groups is 1. The summed E-state index contributed by atoms with van der Waals surface area (Å²) < 4.78 is 28.5. The number of amides is 1. The van der Waals surface area contributed by atoms with Gasteiger partial charge in [-0.1, -0.05) is 35.4 Å². The zero-order chi connectivity index (χ0) is 23.0. The van der Waals surface area contributed by atoms with Crippen molar-refractivity contribution >= 4 is 61.0 Å². The van der Waals surface area contributed by atoms with Crippen molar-refractivity contribution in [2.24, 2.45) is 0 Å². The molecule has 4 rings (SSSR count). The predicted octanol–water partition coefficient (Wildman–Crippen LogP) is 5.75. The van der Waals surface area contributed by atoms with E-state index in [1.54, 1.807) is 30.3 Å². The first-order valence-corrected chi connectivity index (χ1v) is 12.8. The number of nitrogens with one attached hydrogen (secondary N) is 2. The summed E-state index contributed by atoms with van der Waals surface area (Å²) in [4.78, 5) is 16.2. The van der Waals surface area contributed by atoms with Gasteiger partial charge in [0.2, 0.25) is 0 Å². The lowest BCUT2D eigenvalue weighted by molar-refractivity contribution is 0.0981. The first-order valence-electron chi connectivity index (χ1n) is 9.83. The summed E-state index contributed by atoms with van der Waals surface area (Å²) in [5, 5.41) is 1.54. The molecular formula is C24H20ClIN2O3S. The maximum atomic E-state index is 12.8. The fraction of sp³-hybridized carbons (Fsp3) is 0.125. The third-order valence-electron chi connectivity index (χ3n) is 5.32. The molecule has 0 unspecified atom stereocenters. The van der Waals surface area contributed by atoms with Gasteiger partial charge in [-0.15, -0.1) is 0 Å². The molecule has 0 saturated carbocycles. The molecule has 0 aliphatic carbocycles. The SMILES string of the molecule is Cc1ccc(S(=O)(=O)NC(=O)c2ccc3[nH]c(C)c(Cc4ccc(I)cc4Cl)c3c2)cc1. The van der Waals surface area contributed by atoms with Crippen molar-refractivity contribution in [2.45, 2.75) is 25.2 Å². The Hall–Kier alpha value is -2.36. The van der Waals surface area contributed by atoms with Gasteiger partial charge in [0.1, 0.15) is 0 Å². The Bertz CT molecular complexity index is 1440. The molecule has 0 radical (unpaired) electrons. The topological polar surface area (TPSA) is 79.0 Å². The Morgan fingerprint density at radius 3 is 2.44 bits per heavy atom. The number of carbonyl (C=O) groups excluding carboxylic acids is 1. The Kier molecular flexibility index (Phi) is 6.33. The summed E-state index contributed by atoms with van der Waals surface area (Å²) >= 11 is 8.64. The quantitative estimate of drug-likeness (QED) is 0.296. The predicted molar refractivity (Wildman–Crippen MR) is 136 cm³/mol. The van der Waals surface area contributed by atoms with Crippen molar-refractivity contribution in [3.05, 3.63) is 97.2 Å². The average Bonchev–Trinajstić information content (AvgIpc) is 3.04. The van der Waals surface area contributed by atoms with E-state index in [1.165, 1.54) is 12.1 Å². The van der Waals surface area contributed by atoms with Crippen LogP contribution in [0, 0.1) is 17.4 Å². The molecule has 0 aliphatic heterocycles. The van der Waals surface area contributed by atoms with Crippen LogP contribution in [0.3, 0.4) is 0 Å². The minimum Gasteiger partial charge on any atom is -0.358 e. The second-order valence-corrected chi connectivity index (χ2v) is 11.0. The van der Waals surface area contributed by atoms with Gasteiger partial charge >= 0.3 is 0 Å². The minimum absolute atomic E-state index is 0.0454. The summed E-state index contributed by atoms with van der Waals surface area (Å²) in [6.45, 7) is 3.83. The molecule has 5 nitrogen and oxygen atoms in total. The number of H-pyrrole nitrogens is 1. The molecule has 0 fully saturated rings. The van der Waals surface area contributed by atoms with E-state index in [4.69, 9.17) is 11.6 Å². The van der Waals surface area contributed by atoms with E-state index in [9.17, 15) is 13.2 Å². The number of aromatic amines is 1. The molecule has 1 aromatic heterocycles. The number of halogens is 2. The van der Waals surface area contributed by atoms with Crippen molar-refractivity contribution in [3.63, 3.8) is 0 Å². The van der Waals surface area contributed by atoms with Gasteiger partial charge in [-0.2, -0.15) is 0 Å². The van der Waals surface area contributed by atoms with Crippen molar-refractivity contribution in [3.8, 4) is 0 Å². The fourth-order valence-electron chi connectivity index (χ4n) is 3.56. The second kappa shape index (κ2) is 8.88. The molecule has 0 bridgehead atoms. The van der Waals surface area contributed by atoms with Crippen LogP contribution in [0.1, 0.15) is 32.7 Å². The van der Waals surface area contributed by atoms with Crippen LogP contribution in [0.5, 0.6) is 0 Å². The summed E-state index contributed by atoms with van der Waals surface area (Å²) in [7, 11) is -3.97. The monoisotopic (exact) mass is 578 g/mol. The lowest BCUT2D eigenvalue weighted by atomic mass is 10.0. The number of hydrogen-bond donors (Lipinski definition) is 2. The van der Waals surface area contributed by atoms with Crippen LogP contribution in [-0.4, -0.2) is 19.3 Å². The highest BCUT2D eigenvalue weighted by atomic mass is 127. The van der Waals surface area contributed by atoms with Gasteiger partial charge in [-0.25, -0.2) is 13.1 Å². The smallest absolute Gasteiger partial charge is 0.265 e. The number of benzene rings is 3. The highest BCUT2D eigenvalue weighted by Crippen LogP contribution is 2.29. The van der Waals surface area contributed by atoms with Crippen LogP contribution >= 0.6 is 34.2 Å². The molecule has 0 aliphatic rings. The normalized spacial score (nSPS) is 11.6. The largest absolute Gasteiger partial charge is 0.358 e. The van der Waals surface area contributed by atoms with E-state index in [0.29, 0.717) is 11.4 Å². The van der Waals surface area contributed by atoms with Crippen molar-refractivity contribution in [1.29, 1.82) is 0 Å². The first kappa shape index (κ1) is 22.8. The molecule has 2 N–H and O–H groups in total. The lowest BCUT2D eigenvalue weighted by Gasteiger charge is -2.09. The molecule has 1 heterocycles. The highest BCUT2D eigenvalue weighted by Gasteiger charge is 2.20. The zero-order valence-corrected chi connectivity index (χ0v) is 21.1. The number of sulfonamides is 1. The van der Waals surface area contributed by atoms with Crippen molar-refractivity contribution < 1.29 is 13.2 Å². The Balaban J connectivity index is 1.66. The molecule has 164 valence electrons. The number of rotatable bonds is 5. The summed E-state index contributed by atoms with van der Waals surface area (Å²) in [5.41, 5.74) is 5.04. The number of hydrogen-bond acceptors (Lipinski definition) is 3.